The number of para-hydroxylation sites is 1. The van der Waals surface area contributed by atoms with Crippen LogP contribution in [0.25, 0.3) is 16.8 Å². The van der Waals surface area contributed by atoms with E-state index in [1.807, 2.05) is 0 Å². The van der Waals surface area contributed by atoms with Gasteiger partial charge >= 0.3 is 0 Å². The normalized spacial score (nSPS) is 10.8. The lowest BCUT2D eigenvalue weighted by Crippen LogP contribution is -1.98. The van der Waals surface area contributed by atoms with Crippen molar-refractivity contribution in [3.8, 4) is 16.8 Å². The second-order valence-electron chi connectivity index (χ2n) is 4.22. The number of hydrogen-bond donors (Lipinski definition) is 0. The molecule has 100 valence electrons. The summed E-state index contributed by atoms with van der Waals surface area (Å²) in [6.07, 6.45) is 3.02. The number of benzene rings is 2. The third kappa shape index (κ3) is 2.18. The summed E-state index contributed by atoms with van der Waals surface area (Å²) >= 11 is 5.98. The van der Waals surface area contributed by atoms with Crippen LogP contribution in [0.3, 0.4) is 0 Å². The Balaban J connectivity index is 2.10. The zero-order valence-electron chi connectivity index (χ0n) is 10.2. The molecule has 0 aliphatic carbocycles. The molecule has 20 heavy (non-hydrogen) atoms. The fourth-order valence-electron chi connectivity index (χ4n) is 1.99. The van der Waals surface area contributed by atoms with Crippen molar-refractivity contribution in [1.29, 1.82) is 0 Å². The topological polar surface area (TPSA) is 17.8 Å². The Kier molecular flexibility index (Phi) is 3.24. The number of aromatic nitrogens is 2. The van der Waals surface area contributed by atoms with E-state index in [1.54, 1.807) is 30.5 Å². The smallest absolute Gasteiger partial charge is 0.150 e. The molecule has 0 fully saturated rings. The van der Waals surface area contributed by atoms with Gasteiger partial charge in [-0.15, -0.1) is 0 Å². The molecule has 0 amide bonds. The highest BCUT2D eigenvalue weighted by atomic mass is 35.5. The monoisotopic (exact) mass is 290 g/mol. The van der Waals surface area contributed by atoms with Crippen molar-refractivity contribution in [2.75, 3.05) is 0 Å². The van der Waals surface area contributed by atoms with Crippen molar-refractivity contribution in [1.82, 2.24) is 9.78 Å². The van der Waals surface area contributed by atoms with Crippen LogP contribution in [-0.4, -0.2) is 9.78 Å². The molecule has 1 aromatic heterocycles. The lowest BCUT2D eigenvalue weighted by molar-refractivity contribution is 0.611. The molecule has 2 nitrogen and oxygen atoms in total. The number of hydrogen-bond acceptors (Lipinski definition) is 1. The van der Waals surface area contributed by atoms with Gasteiger partial charge in [0, 0.05) is 17.3 Å². The predicted molar refractivity (Wildman–Crippen MR) is 73.9 cm³/mol. The molecule has 0 aliphatic rings. The Bertz CT molecular complexity index is 748. The van der Waals surface area contributed by atoms with Crippen molar-refractivity contribution < 1.29 is 8.78 Å². The van der Waals surface area contributed by atoms with Gasteiger partial charge in [-0.05, 0) is 18.2 Å². The Hall–Kier alpha value is -2.20. The SMILES string of the molecule is Fc1ccccc1-c1cnn(-c2c(F)cccc2Cl)c1. The first-order chi connectivity index (χ1) is 9.66. The zero-order valence-corrected chi connectivity index (χ0v) is 11.0. The van der Waals surface area contributed by atoms with Crippen molar-refractivity contribution in [2.24, 2.45) is 0 Å². The quantitative estimate of drug-likeness (QED) is 0.681. The van der Waals surface area contributed by atoms with Crippen molar-refractivity contribution in [2.45, 2.75) is 0 Å². The lowest BCUT2D eigenvalue weighted by Gasteiger charge is -2.05. The molecule has 0 bridgehead atoms. The average molecular weight is 291 g/mol. The van der Waals surface area contributed by atoms with Crippen molar-refractivity contribution in [3.63, 3.8) is 0 Å². The first kappa shape index (κ1) is 12.8. The van der Waals surface area contributed by atoms with Gasteiger partial charge in [0.25, 0.3) is 0 Å². The average Bonchev–Trinajstić information content (AvgIpc) is 2.88. The number of rotatable bonds is 2. The van der Waals surface area contributed by atoms with E-state index < -0.39 is 5.82 Å². The van der Waals surface area contributed by atoms with E-state index in [0.717, 1.165) is 0 Å². The van der Waals surface area contributed by atoms with Gasteiger partial charge < -0.3 is 0 Å². The van der Waals surface area contributed by atoms with Gasteiger partial charge in [0.1, 0.15) is 17.3 Å². The van der Waals surface area contributed by atoms with Gasteiger partial charge in [-0.2, -0.15) is 5.10 Å². The second kappa shape index (κ2) is 5.06. The van der Waals surface area contributed by atoms with Crippen LogP contribution in [0, 0.1) is 11.6 Å². The summed E-state index contributed by atoms with van der Waals surface area (Å²) in [7, 11) is 0. The maximum absolute atomic E-state index is 13.8. The Labute approximate surface area is 119 Å². The Morgan fingerprint density at radius 2 is 1.70 bits per heavy atom. The Morgan fingerprint density at radius 1 is 0.950 bits per heavy atom. The highest BCUT2D eigenvalue weighted by Crippen LogP contribution is 2.26. The molecule has 1 heterocycles. The van der Waals surface area contributed by atoms with Gasteiger partial charge in [-0.1, -0.05) is 35.9 Å². The summed E-state index contributed by atoms with van der Waals surface area (Å²) in [6.45, 7) is 0. The van der Waals surface area contributed by atoms with E-state index in [4.69, 9.17) is 11.6 Å². The minimum Gasteiger partial charge on any atom is -0.236 e. The van der Waals surface area contributed by atoms with Crippen LogP contribution in [-0.2, 0) is 0 Å². The first-order valence-electron chi connectivity index (χ1n) is 5.91. The van der Waals surface area contributed by atoms with Gasteiger partial charge in [0.15, 0.2) is 0 Å². The molecule has 5 heteroatoms. The molecule has 0 saturated heterocycles. The van der Waals surface area contributed by atoms with Gasteiger partial charge in [0.05, 0.1) is 11.2 Å². The summed E-state index contributed by atoms with van der Waals surface area (Å²) in [5, 5.41) is 4.29. The standard InChI is InChI=1S/C15H9ClF2N2/c16-12-5-3-7-14(18)15(12)20-9-10(8-19-20)11-4-1-2-6-13(11)17/h1-9H. The third-order valence-electron chi connectivity index (χ3n) is 2.93. The lowest BCUT2D eigenvalue weighted by atomic mass is 10.1. The molecule has 3 rings (SSSR count). The molecule has 0 unspecified atom stereocenters. The second-order valence-corrected chi connectivity index (χ2v) is 4.63. The van der Waals surface area contributed by atoms with Gasteiger partial charge in [0.2, 0.25) is 0 Å². The summed E-state index contributed by atoms with van der Waals surface area (Å²) in [6, 6.07) is 10.7. The fraction of sp³-hybridized carbons (Fsp3) is 0. The largest absolute Gasteiger partial charge is 0.236 e. The molecule has 0 atom stereocenters. The van der Waals surface area contributed by atoms with E-state index in [2.05, 4.69) is 5.10 Å². The molecule has 3 aromatic rings. The minimum atomic E-state index is -0.485. The minimum absolute atomic E-state index is 0.150. The highest BCUT2D eigenvalue weighted by molar-refractivity contribution is 6.32. The van der Waals surface area contributed by atoms with Gasteiger partial charge in [-0.3, -0.25) is 0 Å². The van der Waals surface area contributed by atoms with Gasteiger partial charge in [-0.25, -0.2) is 13.5 Å². The molecular formula is C15H9ClF2N2. The Morgan fingerprint density at radius 3 is 2.45 bits per heavy atom. The number of halogens is 3. The third-order valence-corrected chi connectivity index (χ3v) is 3.24. The maximum Gasteiger partial charge on any atom is 0.150 e. The number of nitrogens with zero attached hydrogens (tertiary/aromatic N) is 2. The summed E-state index contributed by atoms with van der Waals surface area (Å²) in [5.74, 6) is -0.840. The van der Waals surface area contributed by atoms with Crippen LogP contribution in [0.5, 0.6) is 0 Å². The highest BCUT2D eigenvalue weighted by Gasteiger charge is 2.12. The fourth-order valence-corrected chi connectivity index (χ4v) is 2.24. The molecular weight excluding hydrogens is 282 g/mol. The molecule has 0 radical (unpaired) electrons. The molecule has 0 saturated carbocycles. The molecule has 2 aromatic carbocycles. The van der Waals surface area contributed by atoms with E-state index in [1.165, 1.54) is 29.1 Å². The summed E-state index contributed by atoms with van der Waals surface area (Å²) in [5.41, 5.74) is 1.12. The van der Waals surface area contributed by atoms with E-state index in [9.17, 15) is 8.78 Å². The van der Waals surface area contributed by atoms with Crippen LogP contribution < -0.4 is 0 Å². The van der Waals surface area contributed by atoms with E-state index >= 15 is 0 Å². The molecule has 0 N–H and O–H groups in total. The first-order valence-corrected chi connectivity index (χ1v) is 6.28. The molecule has 0 spiro atoms. The summed E-state index contributed by atoms with van der Waals surface area (Å²) in [4.78, 5) is 0. The molecule has 0 aliphatic heterocycles. The van der Waals surface area contributed by atoms with Crippen LogP contribution in [0.15, 0.2) is 54.9 Å². The van der Waals surface area contributed by atoms with E-state index in [-0.39, 0.29) is 16.5 Å². The maximum atomic E-state index is 13.8. The van der Waals surface area contributed by atoms with Crippen molar-refractivity contribution >= 4 is 11.6 Å². The van der Waals surface area contributed by atoms with Crippen LogP contribution >= 0.6 is 11.6 Å². The van der Waals surface area contributed by atoms with E-state index in [0.29, 0.717) is 11.1 Å². The predicted octanol–water partition coefficient (Wildman–Crippen LogP) is 4.47. The zero-order chi connectivity index (χ0) is 14.1. The van der Waals surface area contributed by atoms with Crippen LogP contribution in [0.4, 0.5) is 8.78 Å². The van der Waals surface area contributed by atoms with Crippen molar-refractivity contribution in [3.05, 3.63) is 71.5 Å². The van der Waals surface area contributed by atoms with Crippen LogP contribution in [0.1, 0.15) is 0 Å². The van der Waals surface area contributed by atoms with Crippen LogP contribution in [0.2, 0.25) is 5.02 Å². The summed E-state index contributed by atoms with van der Waals surface area (Å²) < 4.78 is 28.8.